The van der Waals surface area contributed by atoms with Gasteiger partial charge in [-0.25, -0.2) is 28.1 Å². The predicted octanol–water partition coefficient (Wildman–Crippen LogP) is 3.44. The van der Waals surface area contributed by atoms with Crippen LogP contribution in [0, 0.1) is 0 Å². The Labute approximate surface area is 172 Å². The predicted molar refractivity (Wildman–Crippen MR) is 101 cm³/mol. The molecule has 4 rings (SSSR count). The van der Waals surface area contributed by atoms with Crippen molar-refractivity contribution >= 4 is 27.1 Å². The molecule has 4 heterocycles. The van der Waals surface area contributed by atoms with E-state index in [4.69, 9.17) is 11.6 Å². The smallest absolute Gasteiger partial charge is 0.303 e. The van der Waals surface area contributed by atoms with Gasteiger partial charge in [0.1, 0.15) is 11.4 Å². The molecule has 4 aromatic rings. The molecule has 0 unspecified atom stereocenters. The van der Waals surface area contributed by atoms with E-state index < -0.39 is 21.7 Å². The number of hydrogen-bond acceptors (Lipinski definition) is 6. The molecule has 0 aliphatic carbocycles. The molecular formula is C17H12ClF3N6O2S. The Hall–Kier alpha value is -2.99. The maximum Gasteiger partial charge on any atom is 0.434 e. The van der Waals surface area contributed by atoms with Gasteiger partial charge in [0.25, 0.3) is 0 Å². The minimum atomic E-state index is -4.63. The fourth-order valence-corrected chi connectivity index (χ4v) is 3.91. The van der Waals surface area contributed by atoms with E-state index in [0.717, 1.165) is 16.8 Å². The summed E-state index contributed by atoms with van der Waals surface area (Å²) in [6.07, 6.45) is 1.23. The van der Waals surface area contributed by atoms with Gasteiger partial charge in [0, 0.05) is 12.4 Å². The quantitative estimate of drug-likeness (QED) is 0.467. The molecule has 0 amide bonds. The topological polar surface area (TPSA) is 95.0 Å². The number of rotatable bonds is 4. The molecule has 8 nitrogen and oxygen atoms in total. The van der Waals surface area contributed by atoms with E-state index in [-0.39, 0.29) is 33.5 Å². The van der Waals surface area contributed by atoms with E-state index in [2.05, 4.69) is 20.1 Å². The molecule has 0 radical (unpaired) electrons. The first-order valence-electron chi connectivity index (χ1n) is 8.45. The third-order valence-corrected chi connectivity index (χ3v) is 6.17. The Balaban J connectivity index is 1.93. The highest BCUT2D eigenvalue weighted by molar-refractivity contribution is 7.91. The third-order valence-electron chi connectivity index (χ3n) is 4.22. The van der Waals surface area contributed by atoms with Gasteiger partial charge >= 0.3 is 6.18 Å². The molecule has 0 aromatic carbocycles. The van der Waals surface area contributed by atoms with Gasteiger partial charge in [0.2, 0.25) is 0 Å². The van der Waals surface area contributed by atoms with Crippen LogP contribution in [-0.4, -0.2) is 43.3 Å². The van der Waals surface area contributed by atoms with E-state index in [9.17, 15) is 21.6 Å². The van der Waals surface area contributed by atoms with Crippen LogP contribution in [0.5, 0.6) is 0 Å². The molecule has 0 bridgehead atoms. The lowest BCUT2D eigenvalue weighted by Crippen LogP contribution is -2.09. The average Bonchev–Trinajstić information content (AvgIpc) is 3.32. The summed E-state index contributed by atoms with van der Waals surface area (Å²) in [6, 6.07) is 2.81. The minimum absolute atomic E-state index is 0.0155. The van der Waals surface area contributed by atoms with Gasteiger partial charge in [-0.2, -0.15) is 18.3 Å². The van der Waals surface area contributed by atoms with Crippen LogP contribution in [0.25, 0.3) is 22.9 Å². The van der Waals surface area contributed by atoms with Crippen LogP contribution in [0.2, 0.25) is 5.02 Å². The number of fused-ring (bicyclic) bond motifs is 1. The first-order valence-corrected chi connectivity index (χ1v) is 10.5. The van der Waals surface area contributed by atoms with Gasteiger partial charge in [-0.3, -0.25) is 0 Å². The van der Waals surface area contributed by atoms with Crippen molar-refractivity contribution in [1.82, 2.24) is 29.1 Å². The molecular weight excluding hydrogens is 445 g/mol. The summed E-state index contributed by atoms with van der Waals surface area (Å²) in [6.45, 7) is 1.48. The van der Waals surface area contributed by atoms with E-state index in [1.54, 1.807) is 0 Å². The zero-order valence-corrected chi connectivity index (χ0v) is 16.7. The molecule has 0 spiro atoms. The van der Waals surface area contributed by atoms with Gasteiger partial charge in [0.15, 0.2) is 27.0 Å². The molecule has 0 N–H and O–H groups in total. The number of nitrogens with zero attached hydrogens (tertiary/aromatic N) is 6. The number of sulfone groups is 1. The first kappa shape index (κ1) is 20.3. The van der Waals surface area contributed by atoms with Gasteiger partial charge in [0.05, 0.1) is 34.3 Å². The second-order valence-electron chi connectivity index (χ2n) is 6.18. The maximum absolute atomic E-state index is 12.9. The number of halogens is 4. The summed E-state index contributed by atoms with van der Waals surface area (Å²) >= 11 is 5.88. The van der Waals surface area contributed by atoms with Crippen molar-refractivity contribution in [3.8, 4) is 17.2 Å². The number of aromatic nitrogens is 6. The van der Waals surface area contributed by atoms with Crippen molar-refractivity contribution in [2.45, 2.75) is 18.0 Å². The van der Waals surface area contributed by atoms with Crippen LogP contribution >= 0.6 is 11.6 Å². The Morgan fingerprint density at radius 1 is 1.10 bits per heavy atom. The monoisotopic (exact) mass is 456 g/mol. The molecule has 13 heteroatoms. The second-order valence-corrected chi connectivity index (χ2v) is 8.87. The largest absolute Gasteiger partial charge is 0.434 e. The van der Waals surface area contributed by atoms with Crippen LogP contribution in [0.3, 0.4) is 0 Å². The van der Waals surface area contributed by atoms with Crippen LogP contribution in [0.15, 0.2) is 48.0 Å². The minimum Gasteiger partial charge on any atom is -0.303 e. The number of imidazole rings is 1. The molecule has 0 aliphatic heterocycles. The fraction of sp³-hybridized carbons (Fsp3) is 0.176. The lowest BCUT2D eigenvalue weighted by Gasteiger charge is -2.09. The number of alkyl halides is 3. The highest BCUT2D eigenvalue weighted by Crippen LogP contribution is 2.30. The summed E-state index contributed by atoms with van der Waals surface area (Å²) < 4.78 is 66.4. The summed E-state index contributed by atoms with van der Waals surface area (Å²) in [4.78, 5) is 11.8. The van der Waals surface area contributed by atoms with E-state index in [1.807, 2.05) is 0 Å². The van der Waals surface area contributed by atoms with Crippen LogP contribution < -0.4 is 0 Å². The Bertz CT molecular complexity index is 1360. The highest BCUT2D eigenvalue weighted by atomic mass is 35.5. The van der Waals surface area contributed by atoms with E-state index in [0.29, 0.717) is 5.02 Å². The fourth-order valence-electron chi connectivity index (χ4n) is 2.74. The number of pyridine rings is 1. The van der Waals surface area contributed by atoms with Crippen LogP contribution in [-0.2, 0) is 16.0 Å². The van der Waals surface area contributed by atoms with Crippen molar-refractivity contribution in [1.29, 1.82) is 0 Å². The molecule has 0 fully saturated rings. The standard InChI is InChI=1S/C17H12ClF3N6O2S/c1-2-30(28,29)12-3-4-14(27-7-10(18)5-23-27)25-16(12)11-8-26-9-13(17(19,20)21)22-6-15(26)24-11/h3-9H,2H2,1H3. The summed E-state index contributed by atoms with van der Waals surface area (Å²) in [5.41, 5.74) is -0.943. The zero-order chi connectivity index (χ0) is 21.7. The number of hydrogen-bond donors (Lipinski definition) is 0. The van der Waals surface area contributed by atoms with Gasteiger partial charge < -0.3 is 4.40 Å². The molecule has 0 saturated carbocycles. The Morgan fingerprint density at radius 3 is 2.50 bits per heavy atom. The maximum atomic E-state index is 12.9. The normalized spacial score (nSPS) is 12.6. The van der Waals surface area contributed by atoms with Crippen molar-refractivity contribution in [3.63, 3.8) is 0 Å². The second kappa shape index (κ2) is 7.06. The van der Waals surface area contributed by atoms with Crippen LogP contribution in [0.4, 0.5) is 13.2 Å². The zero-order valence-electron chi connectivity index (χ0n) is 15.2. The summed E-state index contributed by atoms with van der Waals surface area (Å²) in [5.74, 6) is 0.0695. The van der Waals surface area contributed by atoms with Crippen molar-refractivity contribution in [2.75, 3.05) is 5.75 Å². The van der Waals surface area contributed by atoms with E-state index in [1.165, 1.54) is 42.3 Å². The Morgan fingerprint density at radius 2 is 1.87 bits per heavy atom. The van der Waals surface area contributed by atoms with Crippen molar-refractivity contribution in [2.24, 2.45) is 0 Å². The highest BCUT2D eigenvalue weighted by Gasteiger charge is 2.33. The molecule has 156 valence electrons. The summed E-state index contributed by atoms with van der Waals surface area (Å²) in [7, 11) is -3.70. The molecule has 0 atom stereocenters. The van der Waals surface area contributed by atoms with Gasteiger partial charge in [-0.05, 0) is 12.1 Å². The third kappa shape index (κ3) is 3.63. The molecule has 4 aromatic heterocycles. The van der Waals surface area contributed by atoms with Crippen molar-refractivity contribution in [3.05, 3.63) is 53.8 Å². The lowest BCUT2D eigenvalue weighted by atomic mass is 10.3. The SMILES string of the molecule is CCS(=O)(=O)c1ccc(-n2cc(Cl)cn2)nc1-c1cn2cc(C(F)(F)F)ncc2n1. The molecule has 0 saturated heterocycles. The Kier molecular flexibility index (Phi) is 4.77. The summed E-state index contributed by atoms with van der Waals surface area (Å²) in [5, 5.41) is 4.38. The molecule has 0 aliphatic rings. The van der Waals surface area contributed by atoms with Gasteiger partial charge in [-0.1, -0.05) is 18.5 Å². The van der Waals surface area contributed by atoms with Gasteiger partial charge in [-0.15, -0.1) is 0 Å². The first-order chi connectivity index (χ1) is 14.1. The molecule has 30 heavy (non-hydrogen) atoms. The average molecular weight is 457 g/mol. The lowest BCUT2D eigenvalue weighted by molar-refractivity contribution is -0.141. The van der Waals surface area contributed by atoms with E-state index >= 15 is 0 Å². The van der Waals surface area contributed by atoms with Crippen LogP contribution in [0.1, 0.15) is 12.6 Å². The van der Waals surface area contributed by atoms with Crippen molar-refractivity contribution < 1.29 is 21.6 Å².